The van der Waals surface area contributed by atoms with Crippen molar-refractivity contribution in [2.45, 2.75) is 20.4 Å². The van der Waals surface area contributed by atoms with Crippen LogP contribution >= 0.6 is 0 Å². The van der Waals surface area contributed by atoms with Crippen LogP contribution in [-0.4, -0.2) is 37.1 Å². The summed E-state index contributed by atoms with van der Waals surface area (Å²) in [5.74, 6) is 0.125. The maximum atomic E-state index is 12.8. The number of phenolic OH excluding ortho intramolecular Hbond substituents is 1. The Morgan fingerprint density at radius 2 is 1.82 bits per heavy atom. The molecule has 6 nitrogen and oxygen atoms in total. The first-order chi connectivity index (χ1) is 13.5. The third-order valence-electron chi connectivity index (χ3n) is 4.97. The standard InChI is InChI=1S/C22H23NO5/c1-4-23(5-2)13-17-18(24)11-10-16-20(25)19(28-21(16)17)12-14-6-8-15(9-7-14)22(26)27-3/h6-12,24H,4-5,13H2,1-3H3/p+1/b19-12-. The first kappa shape index (κ1) is 19.6. The van der Waals surface area contributed by atoms with Gasteiger partial charge in [0.1, 0.15) is 12.3 Å². The number of phenols is 1. The van der Waals surface area contributed by atoms with Gasteiger partial charge in [0, 0.05) is 0 Å². The van der Waals surface area contributed by atoms with Gasteiger partial charge in [-0.15, -0.1) is 0 Å². The number of carbonyl (C=O) groups excluding carboxylic acids is 2. The molecule has 28 heavy (non-hydrogen) atoms. The average molecular weight is 382 g/mol. The first-order valence-corrected chi connectivity index (χ1v) is 9.29. The number of Topliss-reactive ketones (excluding diaryl/α,β-unsaturated/α-hetero) is 1. The molecule has 3 rings (SSSR count). The predicted molar refractivity (Wildman–Crippen MR) is 105 cm³/mol. The van der Waals surface area contributed by atoms with Crippen molar-refractivity contribution in [2.75, 3.05) is 20.2 Å². The predicted octanol–water partition coefficient (Wildman–Crippen LogP) is 2.22. The highest BCUT2D eigenvalue weighted by Gasteiger charge is 2.32. The van der Waals surface area contributed by atoms with Gasteiger partial charge in [0.15, 0.2) is 11.5 Å². The van der Waals surface area contributed by atoms with Crippen LogP contribution in [0.3, 0.4) is 0 Å². The Hall–Kier alpha value is -3.12. The van der Waals surface area contributed by atoms with E-state index >= 15 is 0 Å². The first-order valence-electron chi connectivity index (χ1n) is 9.29. The Kier molecular flexibility index (Phi) is 5.80. The summed E-state index contributed by atoms with van der Waals surface area (Å²) in [6.45, 7) is 6.55. The average Bonchev–Trinajstić information content (AvgIpc) is 3.03. The van der Waals surface area contributed by atoms with Crippen LogP contribution in [0.1, 0.15) is 45.7 Å². The van der Waals surface area contributed by atoms with Gasteiger partial charge in [-0.25, -0.2) is 4.79 Å². The molecule has 0 unspecified atom stereocenters. The van der Waals surface area contributed by atoms with E-state index in [1.807, 2.05) is 0 Å². The SMILES string of the molecule is CC[NH+](CC)Cc1c(O)ccc2c1O/C(=C\c1ccc(C(=O)OC)cc1)C2=O. The molecule has 0 aliphatic carbocycles. The third kappa shape index (κ3) is 3.77. The van der Waals surface area contributed by atoms with Crippen LogP contribution in [0.15, 0.2) is 42.2 Å². The second kappa shape index (κ2) is 8.27. The zero-order valence-electron chi connectivity index (χ0n) is 16.2. The number of benzene rings is 2. The van der Waals surface area contributed by atoms with Crippen LogP contribution in [0.2, 0.25) is 0 Å². The van der Waals surface area contributed by atoms with E-state index in [0.717, 1.165) is 18.7 Å². The lowest BCUT2D eigenvalue weighted by Crippen LogP contribution is -3.10. The van der Waals surface area contributed by atoms with Gasteiger partial charge in [0.2, 0.25) is 5.78 Å². The van der Waals surface area contributed by atoms with E-state index in [-0.39, 0.29) is 17.3 Å². The molecule has 0 atom stereocenters. The molecule has 0 spiro atoms. The fraction of sp³-hybridized carbons (Fsp3) is 0.273. The van der Waals surface area contributed by atoms with Crippen molar-refractivity contribution in [3.8, 4) is 11.5 Å². The maximum absolute atomic E-state index is 12.8. The number of fused-ring (bicyclic) bond motifs is 1. The quantitative estimate of drug-likeness (QED) is 0.592. The van der Waals surface area contributed by atoms with Crippen LogP contribution in [0.4, 0.5) is 0 Å². The number of esters is 1. The second-order valence-corrected chi connectivity index (χ2v) is 6.63. The summed E-state index contributed by atoms with van der Waals surface area (Å²) in [6.07, 6.45) is 1.63. The van der Waals surface area contributed by atoms with Crippen molar-refractivity contribution in [1.82, 2.24) is 0 Å². The highest BCUT2D eigenvalue weighted by Crippen LogP contribution is 2.39. The zero-order chi connectivity index (χ0) is 20.3. The highest BCUT2D eigenvalue weighted by atomic mass is 16.5. The highest BCUT2D eigenvalue weighted by molar-refractivity contribution is 6.15. The van der Waals surface area contributed by atoms with Gasteiger partial charge in [-0.1, -0.05) is 12.1 Å². The largest absolute Gasteiger partial charge is 0.507 e. The minimum Gasteiger partial charge on any atom is -0.507 e. The van der Waals surface area contributed by atoms with E-state index in [4.69, 9.17) is 4.74 Å². The number of quaternary nitrogens is 1. The van der Waals surface area contributed by atoms with Gasteiger partial charge >= 0.3 is 5.97 Å². The number of rotatable bonds is 6. The van der Waals surface area contributed by atoms with Gasteiger partial charge in [-0.3, -0.25) is 4.79 Å². The molecule has 146 valence electrons. The molecule has 0 bridgehead atoms. The molecule has 1 heterocycles. The molecule has 2 N–H and O–H groups in total. The Balaban J connectivity index is 1.91. The minimum atomic E-state index is -0.418. The van der Waals surface area contributed by atoms with Crippen LogP contribution in [0, 0.1) is 0 Å². The van der Waals surface area contributed by atoms with Crippen molar-refractivity contribution in [3.05, 3.63) is 64.4 Å². The monoisotopic (exact) mass is 382 g/mol. The molecule has 0 radical (unpaired) electrons. The Bertz CT molecular complexity index is 927. The summed E-state index contributed by atoms with van der Waals surface area (Å²) >= 11 is 0. The number of hydrogen-bond donors (Lipinski definition) is 2. The Labute approximate surface area is 164 Å². The molecule has 1 aliphatic heterocycles. The normalized spacial score (nSPS) is 14.3. The van der Waals surface area contributed by atoms with Crippen molar-refractivity contribution in [1.29, 1.82) is 0 Å². The van der Waals surface area contributed by atoms with E-state index in [1.54, 1.807) is 42.5 Å². The molecule has 0 aromatic heterocycles. The summed E-state index contributed by atoms with van der Waals surface area (Å²) in [4.78, 5) is 25.6. The number of allylic oxidation sites excluding steroid dienone is 1. The van der Waals surface area contributed by atoms with Crippen molar-refractivity contribution in [3.63, 3.8) is 0 Å². The van der Waals surface area contributed by atoms with Crippen LogP contribution in [0.25, 0.3) is 6.08 Å². The van der Waals surface area contributed by atoms with E-state index < -0.39 is 5.97 Å². The molecule has 0 amide bonds. The summed E-state index contributed by atoms with van der Waals surface area (Å²) in [5.41, 5.74) is 2.26. The number of ketones is 1. The molecular weight excluding hydrogens is 358 g/mol. The number of hydrogen-bond acceptors (Lipinski definition) is 5. The lowest BCUT2D eigenvalue weighted by atomic mass is 10.0. The molecule has 0 saturated carbocycles. The molecule has 0 saturated heterocycles. The molecule has 0 fully saturated rings. The fourth-order valence-electron chi connectivity index (χ4n) is 3.20. The molecular formula is C22H24NO5+. The lowest BCUT2D eigenvalue weighted by molar-refractivity contribution is -0.910. The van der Waals surface area contributed by atoms with Gasteiger partial charge in [-0.05, 0) is 49.8 Å². The summed E-state index contributed by atoms with van der Waals surface area (Å²) in [5, 5.41) is 10.3. The summed E-state index contributed by atoms with van der Waals surface area (Å²) < 4.78 is 10.6. The fourth-order valence-corrected chi connectivity index (χ4v) is 3.20. The number of carbonyl (C=O) groups is 2. The number of nitrogens with one attached hydrogen (secondary N) is 1. The molecule has 2 aromatic rings. The minimum absolute atomic E-state index is 0.134. The lowest BCUT2D eigenvalue weighted by Gasteiger charge is -2.17. The van der Waals surface area contributed by atoms with Crippen molar-refractivity contribution in [2.24, 2.45) is 0 Å². The van der Waals surface area contributed by atoms with Crippen LogP contribution in [-0.2, 0) is 11.3 Å². The molecule has 2 aromatic carbocycles. The van der Waals surface area contributed by atoms with E-state index in [9.17, 15) is 14.7 Å². The van der Waals surface area contributed by atoms with E-state index in [1.165, 1.54) is 12.0 Å². The number of ether oxygens (including phenoxy) is 2. The van der Waals surface area contributed by atoms with E-state index in [2.05, 4.69) is 18.6 Å². The van der Waals surface area contributed by atoms with Crippen molar-refractivity contribution < 1.29 is 29.1 Å². The second-order valence-electron chi connectivity index (χ2n) is 6.63. The van der Waals surface area contributed by atoms with Gasteiger partial charge in [0.25, 0.3) is 0 Å². The smallest absolute Gasteiger partial charge is 0.337 e. The van der Waals surface area contributed by atoms with Crippen LogP contribution < -0.4 is 9.64 Å². The summed E-state index contributed by atoms with van der Waals surface area (Å²) in [6, 6.07) is 9.84. The third-order valence-corrected chi connectivity index (χ3v) is 4.97. The molecule has 1 aliphatic rings. The van der Waals surface area contributed by atoms with Gasteiger partial charge in [0.05, 0.1) is 36.9 Å². The Morgan fingerprint density at radius 1 is 1.14 bits per heavy atom. The van der Waals surface area contributed by atoms with Crippen LogP contribution in [0.5, 0.6) is 11.5 Å². The van der Waals surface area contributed by atoms with Gasteiger partial charge in [-0.2, -0.15) is 0 Å². The maximum Gasteiger partial charge on any atom is 0.337 e. The topological polar surface area (TPSA) is 77.3 Å². The molecule has 6 heteroatoms. The summed E-state index contributed by atoms with van der Waals surface area (Å²) in [7, 11) is 1.33. The Morgan fingerprint density at radius 3 is 2.43 bits per heavy atom. The zero-order valence-corrected chi connectivity index (χ0v) is 16.2. The number of methoxy groups -OCH3 is 1. The number of aromatic hydroxyl groups is 1. The van der Waals surface area contributed by atoms with Gasteiger partial charge < -0.3 is 19.5 Å². The van der Waals surface area contributed by atoms with E-state index in [0.29, 0.717) is 29.0 Å². The van der Waals surface area contributed by atoms with Crippen molar-refractivity contribution >= 4 is 17.8 Å².